The van der Waals surface area contributed by atoms with Gasteiger partial charge in [0.25, 0.3) is 0 Å². The Labute approximate surface area is 172 Å². The van der Waals surface area contributed by atoms with Gasteiger partial charge in [-0.3, -0.25) is 9.59 Å². The molecule has 0 spiro atoms. The maximum atomic E-state index is 13.0. The number of rotatable bonds is 4. The molecule has 6 heteroatoms. The number of aliphatic hydroxyl groups is 1. The highest BCUT2D eigenvalue weighted by Crippen LogP contribution is 2.47. The van der Waals surface area contributed by atoms with Gasteiger partial charge in [0.1, 0.15) is 0 Å². The number of fused-ring (bicyclic) bond motifs is 2. The van der Waals surface area contributed by atoms with Crippen molar-refractivity contribution in [3.05, 3.63) is 49.9 Å². The van der Waals surface area contributed by atoms with Gasteiger partial charge in [-0.25, -0.2) is 0 Å². The summed E-state index contributed by atoms with van der Waals surface area (Å²) in [5, 5.41) is 13.2. The number of ether oxygens (including phenoxy) is 1. The van der Waals surface area contributed by atoms with E-state index in [1.165, 1.54) is 11.8 Å². The van der Waals surface area contributed by atoms with Crippen molar-refractivity contribution in [1.82, 2.24) is 4.57 Å². The number of hydrogen-bond acceptors (Lipinski definition) is 5. The molecule has 0 amide bonds. The highest BCUT2D eigenvalue weighted by atomic mass is 32.1. The lowest BCUT2D eigenvalue weighted by Crippen LogP contribution is -2.18. The average molecular weight is 410 g/mol. The molecule has 2 aliphatic carbocycles. The van der Waals surface area contributed by atoms with Crippen molar-refractivity contribution in [3.63, 3.8) is 0 Å². The van der Waals surface area contributed by atoms with Crippen LogP contribution in [0.25, 0.3) is 22.0 Å². The Balaban J connectivity index is 1.83. The molecule has 1 fully saturated rings. The van der Waals surface area contributed by atoms with Crippen LogP contribution in [0.15, 0.2) is 28.5 Å². The third-order valence-electron chi connectivity index (χ3n) is 6.09. The molecule has 2 aliphatic rings. The summed E-state index contributed by atoms with van der Waals surface area (Å²) in [5.41, 5.74) is 3.60. The number of carbonyl (C=O) groups is 1. The largest absolute Gasteiger partial charge is 0.494 e. The minimum Gasteiger partial charge on any atom is -0.494 e. The number of aliphatic hydroxyl groups excluding tert-OH is 1. The zero-order chi connectivity index (χ0) is 20.3. The van der Waals surface area contributed by atoms with E-state index in [0.717, 1.165) is 54.3 Å². The number of aromatic nitrogens is 1. The number of hydrogen-bond donors (Lipinski definition) is 1. The number of ketones is 1. The molecule has 1 unspecified atom stereocenters. The van der Waals surface area contributed by atoms with Crippen molar-refractivity contribution in [2.75, 3.05) is 7.11 Å². The van der Waals surface area contributed by atoms with E-state index in [4.69, 9.17) is 4.74 Å². The Kier molecular flexibility index (Phi) is 4.37. The van der Waals surface area contributed by atoms with Crippen molar-refractivity contribution < 1.29 is 14.6 Å². The second kappa shape index (κ2) is 6.82. The zero-order valence-corrected chi connectivity index (χ0v) is 17.3. The van der Waals surface area contributed by atoms with E-state index >= 15 is 0 Å². The van der Waals surface area contributed by atoms with E-state index in [2.05, 4.69) is 5.38 Å². The van der Waals surface area contributed by atoms with Crippen LogP contribution in [0.5, 0.6) is 5.75 Å². The highest BCUT2D eigenvalue weighted by molar-refractivity contribution is 7.10. The minimum atomic E-state index is -0.467. The molecule has 2 heterocycles. The van der Waals surface area contributed by atoms with Crippen LogP contribution in [0.2, 0.25) is 0 Å². The third kappa shape index (κ3) is 2.85. The molecule has 29 heavy (non-hydrogen) atoms. The van der Waals surface area contributed by atoms with Gasteiger partial charge in [0, 0.05) is 33.8 Å². The zero-order valence-electron chi connectivity index (χ0n) is 16.5. The molecule has 0 saturated heterocycles. The van der Waals surface area contributed by atoms with Crippen LogP contribution in [0.1, 0.15) is 65.6 Å². The molecule has 5 rings (SSSR count). The quantitative estimate of drug-likeness (QED) is 0.637. The van der Waals surface area contributed by atoms with Gasteiger partial charge in [-0.05, 0) is 56.5 Å². The fraction of sp³-hybridized carbons (Fsp3) is 0.391. The maximum absolute atomic E-state index is 13.0. The Hall–Kier alpha value is -2.44. The number of aryl methyl sites for hydroxylation is 1. The summed E-state index contributed by atoms with van der Waals surface area (Å²) in [6.45, 7) is 1.43. The van der Waals surface area contributed by atoms with Crippen LogP contribution in [0.3, 0.4) is 0 Å². The van der Waals surface area contributed by atoms with Gasteiger partial charge in [0.15, 0.2) is 17.0 Å². The van der Waals surface area contributed by atoms with Crippen LogP contribution < -0.4 is 10.2 Å². The highest BCUT2D eigenvalue weighted by Gasteiger charge is 2.30. The number of thiophene rings is 1. The first-order valence-corrected chi connectivity index (χ1v) is 10.9. The molecule has 0 bridgehead atoms. The van der Waals surface area contributed by atoms with Crippen molar-refractivity contribution in [2.45, 2.75) is 51.2 Å². The summed E-state index contributed by atoms with van der Waals surface area (Å²) in [7, 11) is 1.62. The van der Waals surface area contributed by atoms with E-state index < -0.39 is 6.10 Å². The van der Waals surface area contributed by atoms with Gasteiger partial charge in [0.05, 0.1) is 29.7 Å². The summed E-state index contributed by atoms with van der Waals surface area (Å²) >= 11 is 1.68. The van der Waals surface area contributed by atoms with Crippen molar-refractivity contribution in [3.8, 4) is 16.9 Å². The van der Waals surface area contributed by atoms with Crippen LogP contribution >= 0.6 is 11.3 Å². The third-order valence-corrected chi connectivity index (χ3v) is 7.15. The first kappa shape index (κ1) is 18.6. The average Bonchev–Trinajstić information content (AvgIpc) is 3.46. The van der Waals surface area contributed by atoms with Crippen LogP contribution in [-0.2, 0) is 6.42 Å². The van der Waals surface area contributed by atoms with Crippen molar-refractivity contribution in [1.29, 1.82) is 0 Å². The lowest BCUT2D eigenvalue weighted by molar-refractivity contribution is 0.101. The Morgan fingerprint density at radius 1 is 1.24 bits per heavy atom. The Morgan fingerprint density at radius 3 is 2.72 bits per heavy atom. The number of methoxy groups -OCH3 is 1. The van der Waals surface area contributed by atoms with E-state index in [9.17, 15) is 14.7 Å². The molecule has 1 saturated carbocycles. The molecule has 3 aromatic rings. The molecule has 5 nitrogen and oxygen atoms in total. The summed E-state index contributed by atoms with van der Waals surface area (Å²) in [4.78, 5) is 26.3. The SMILES string of the molecule is COc1c(-c2csc3c2C(O)CCC3)ccc2c(=O)c(C(C)=O)cn(C3CC3)c12. The Morgan fingerprint density at radius 2 is 2.03 bits per heavy atom. The predicted octanol–water partition coefficient (Wildman–Crippen LogP) is 4.65. The number of nitrogens with zero attached hydrogens (tertiary/aromatic N) is 1. The van der Waals surface area contributed by atoms with Crippen LogP contribution in [-0.4, -0.2) is 22.6 Å². The number of carbonyl (C=O) groups excluding carboxylic acids is 1. The van der Waals surface area contributed by atoms with Gasteiger partial charge in [0.2, 0.25) is 0 Å². The molecule has 0 aliphatic heterocycles. The molecule has 1 aromatic carbocycles. The summed E-state index contributed by atoms with van der Waals surface area (Å²) < 4.78 is 7.91. The van der Waals surface area contributed by atoms with Crippen molar-refractivity contribution in [2.24, 2.45) is 0 Å². The van der Waals surface area contributed by atoms with Crippen LogP contribution in [0, 0.1) is 0 Å². The first-order chi connectivity index (χ1) is 14.0. The molecule has 2 aromatic heterocycles. The van der Waals surface area contributed by atoms with Gasteiger partial charge in [-0.15, -0.1) is 11.3 Å². The second-order valence-corrected chi connectivity index (χ2v) is 8.97. The lowest BCUT2D eigenvalue weighted by Gasteiger charge is -2.21. The van der Waals surface area contributed by atoms with Gasteiger partial charge in [-0.2, -0.15) is 0 Å². The molecule has 1 atom stereocenters. The normalized spacial score (nSPS) is 18.7. The lowest BCUT2D eigenvalue weighted by atomic mass is 9.89. The number of benzene rings is 1. The number of pyridine rings is 1. The summed E-state index contributed by atoms with van der Waals surface area (Å²) in [5.74, 6) is 0.421. The minimum absolute atomic E-state index is 0.218. The van der Waals surface area contributed by atoms with Gasteiger partial charge >= 0.3 is 0 Å². The standard InChI is InChI=1S/C23H23NO4S/c1-12(25)16-10-24(13-6-7-13)21-15(22(16)27)9-8-14(23(21)28-2)17-11-29-19-5-3-4-18(26)20(17)19/h8-11,13,18,26H,3-7H2,1-2H3. The van der Waals surface area contributed by atoms with Crippen LogP contribution in [0.4, 0.5) is 0 Å². The fourth-order valence-corrected chi connectivity index (χ4v) is 5.65. The molecule has 1 N–H and O–H groups in total. The monoisotopic (exact) mass is 409 g/mol. The number of Topliss-reactive ketones (excluding diaryl/α,β-unsaturated/α-hetero) is 1. The fourth-order valence-electron chi connectivity index (χ4n) is 4.50. The topological polar surface area (TPSA) is 68.5 Å². The van der Waals surface area contributed by atoms with E-state index in [-0.39, 0.29) is 22.8 Å². The summed E-state index contributed by atoms with van der Waals surface area (Å²) in [6, 6.07) is 3.98. The van der Waals surface area contributed by atoms with Gasteiger partial charge < -0.3 is 14.4 Å². The smallest absolute Gasteiger partial charge is 0.200 e. The second-order valence-electron chi connectivity index (χ2n) is 8.00. The molecule has 0 radical (unpaired) electrons. The predicted molar refractivity (Wildman–Crippen MR) is 114 cm³/mol. The maximum Gasteiger partial charge on any atom is 0.200 e. The summed E-state index contributed by atoms with van der Waals surface area (Å²) in [6.07, 6.45) is 6.03. The molecule has 150 valence electrons. The Bertz CT molecular complexity index is 1200. The molecular formula is C23H23NO4S. The van der Waals surface area contributed by atoms with E-state index in [1.807, 2.05) is 10.6 Å². The van der Waals surface area contributed by atoms with E-state index in [1.54, 1.807) is 30.7 Å². The van der Waals surface area contributed by atoms with E-state index in [0.29, 0.717) is 11.1 Å². The first-order valence-electron chi connectivity index (χ1n) is 10.1. The van der Waals surface area contributed by atoms with Crippen molar-refractivity contribution >= 4 is 28.0 Å². The molecular weight excluding hydrogens is 386 g/mol. The van der Waals surface area contributed by atoms with Gasteiger partial charge in [-0.1, -0.05) is 0 Å².